The predicted molar refractivity (Wildman–Crippen MR) is 199 cm³/mol. The van der Waals surface area contributed by atoms with Gasteiger partial charge in [-0.15, -0.1) is 0 Å². The van der Waals surface area contributed by atoms with E-state index in [1.165, 1.54) is 78.2 Å². The first-order chi connectivity index (χ1) is 22.8. The summed E-state index contributed by atoms with van der Waals surface area (Å²) in [6.45, 7) is 11.6. The standard InChI is InChI=1S/C45H43N2/c1-30(2)39-27-38(35-20-14-9-15-21-35)28-40(31(3)4)44(39)47-43-29-37(34-18-12-8-13-19-34)24-25-42(43)46(6)45(47)41-26-36(23-22-32(41)5)33-16-10-7-11-17-33/h7-31H,1-6H3/q+1. The number of nitrogens with zero attached hydrogens (tertiary/aromatic N) is 2. The first-order valence-corrected chi connectivity index (χ1v) is 16.8. The van der Waals surface area contributed by atoms with E-state index < -0.39 is 0 Å². The number of imidazole rings is 1. The molecule has 0 aliphatic rings. The summed E-state index contributed by atoms with van der Waals surface area (Å²) in [5.41, 5.74) is 16.3. The Kier molecular flexibility index (Phi) is 8.12. The van der Waals surface area contributed by atoms with Gasteiger partial charge in [0.2, 0.25) is 0 Å². The van der Waals surface area contributed by atoms with Crippen LogP contribution in [0.3, 0.4) is 0 Å². The van der Waals surface area contributed by atoms with Gasteiger partial charge in [0.15, 0.2) is 11.0 Å². The van der Waals surface area contributed by atoms with Crippen molar-refractivity contribution in [1.29, 1.82) is 0 Å². The van der Waals surface area contributed by atoms with Crippen LogP contribution in [0.1, 0.15) is 56.2 Å². The molecule has 6 aromatic carbocycles. The van der Waals surface area contributed by atoms with Crippen molar-refractivity contribution in [3.8, 4) is 50.5 Å². The molecule has 2 heteroatoms. The molecule has 0 bridgehead atoms. The summed E-state index contributed by atoms with van der Waals surface area (Å²) < 4.78 is 4.98. The van der Waals surface area contributed by atoms with Crippen LogP contribution in [0.5, 0.6) is 0 Å². The van der Waals surface area contributed by atoms with Crippen LogP contribution in [-0.4, -0.2) is 4.57 Å². The molecule has 0 atom stereocenters. The Morgan fingerprint density at radius 2 is 0.957 bits per heavy atom. The van der Waals surface area contributed by atoms with Gasteiger partial charge < -0.3 is 0 Å². The van der Waals surface area contributed by atoms with Gasteiger partial charge in [-0.25, -0.2) is 4.57 Å². The van der Waals surface area contributed by atoms with Crippen molar-refractivity contribution >= 4 is 11.0 Å². The quantitative estimate of drug-likeness (QED) is 0.159. The van der Waals surface area contributed by atoms with E-state index in [4.69, 9.17) is 0 Å². The molecule has 47 heavy (non-hydrogen) atoms. The lowest BCUT2D eigenvalue weighted by Gasteiger charge is -2.21. The predicted octanol–water partition coefficient (Wildman–Crippen LogP) is 11.7. The minimum absolute atomic E-state index is 0.316. The van der Waals surface area contributed by atoms with Crippen LogP contribution in [0.25, 0.3) is 61.5 Å². The summed E-state index contributed by atoms with van der Waals surface area (Å²) in [5, 5.41) is 0. The molecule has 0 radical (unpaired) electrons. The third-order valence-corrected chi connectivity index (χ3v) is 9.54. The first-order valence-electron chi connectivity index (χ1n) is 16.8. The molecule has 0 N–H and O–H groups in total. The van der Waals surface area contributed by atoms with E-state index in [-0.39, 0.29) is 0 Å². The Morgan fingerprint density at radius 3 is 1.47 bits per heavy atom. The topological polar surface area (TPSA) is 8.81 Å². The van der Waals surface area contributed by atoms with Crippen LogP contribution < -0.4 is 4.57 Å². The van der Waals surface area contributed by atoms with E-state index in [0.29, 0.717) is 11.8 Å². The molecule has 0 amide bonds. The molecule has 0 spiro atoms. The fourth-order valence-corrected chi connectivity index (χ4v) is 6.99. The summed E-state index contributed by atoms with van der Waals surface area (Å²) in [4.78, 5) is 0. The Balaban J connectivity index is 1.61. The highest BCUT2D eigenvalue weighted by Crippen LogP contribution is 2.41. The molecule has 0 saturated carbocycles. The van der Waals surface area contributed by atoms with Gasteiger partial charge in [0.25, 0.3) is 5.82 Å². The van der Waals surface area contributed by atoms with Gasteiger partial charge in [0.05, 0.1) is 12.6 Å². The number of aromatic nitrogens is 2. The molecule has 0 saturated heterocycles. The van der Waals surface area contributed by atoms with E-state index in [2.05, 4.69) is 190 Å². The molecule has 7 rings (SSSR count). The Labute approximate surface area is 279 Å². The SMILES string of the molecule is Cc1ccc(-c2ccccc2)cc1-c1n(-c2c(C(C)C)cc(-c3ccccc3)cc2C(C)C)c2cc(-c3ccccc3)ccc2[n+]1C. The number of hydrogen-bond acceptors (Lipinski definition) is 0. The lowest BCUT2D eigenvalue weighted by atomic mass is 9.88. The largest absolute Gasteiger partial charge is 0.295 e. The Morgan fingerprint density at radius 1 is 0.489 bits per heavy atom. The zero-order chi connectivity index (χ0) is 32.7. The Bertz CT molecular complexity index is 2160. The molecule has 0 aliphatic carbocycles. The lowest BCUT2D eigenvalue weighted by molar-refractivity contribution is -0.633. The molecule has 232 valence electrons. The average molecular weight is 612 g/mol. The second-order valence-electron chi connectivity index (χ2n) is 13.4. The van der Waals surface area contributed by atoms with E-state index in [0.717, 1.165) is 0 Å². The summed E-state index contributed by atoms with van der Waals surface area (Å²) in [7, 11) is 2.23. The van der Waals surface area contributed by atoms with Gasteiger partial charge in [0, 0.05) is 11.1 Å². The molecule has 1 aromatic heterocycles. The van der Waals surface area contributed by atoms with Gasteiger partial charge in [-0.2, -0.15) is 4.57 Å². The maximum absolute atomic E-state index is 2.58. The molecule has 0 fully saturated rings. The average Bonchev–Trinajstić information content (AvgIpc) is 3.39. The van der Waals surface area contributed by atoms with Crippen molar-refractivity contribution in [3.63, 3.8) is 0 Å². The zero-order valence-corrected chi connectivity index (χ0v) is 28.3. The maximum Gasteiger partial charge on any atom is 0.295 e. The van der Waals surface area contributed by atoms with E-state index in [9.17, 15) is 0 Å². The highest BCUT2D eigenvalue weighted by molar-refractivity contribution is 5.87. The van der Waals surface area contributed by atoms with E-state index in [1.807, 2.05) is 0 Å². The smallest absolute Gasteiger partial charge is 0.225 e. The van der Waals surface area contributed by atoms with Crippen molar-refractivity contribution in [3.05, 3.63) is 156 Å². The van der Waals surface area contributed by atoms with Crippen molar-refractivity contribution < 1.29 is 4.57 Å². The summed E-state index contributed by atoms with van der Waals surface area (Å²) in [6, 6.07) is 51.0. The van der Waals surface area contributed by atoms with Crippen molar-refractivity contribution in [1.82, 2.24) is 4.57 Å². The molecular formula is C45H43N2+. The van der Waals surface area contributed by atoms with Crippen LogP contribution >= 0.6 is 0 Å². The summed E-state index contributed by atoms with van der Waals surface area (Å²) in [6.07, 6.45) is 0. The summed E-state index contributed by atoms with van der Waals surface area (Å²) >= 11 is 0. The highest BCUT2D eigenvalue weighted by atomic mass is 15.2. The monoisotopic (exact) mass is 611 g/mol. The fraction of sp³-hybridized carbons (Fsp3) is 0.178. The fourth-order valence-electron chi connectivity index (χ4n) is 6.99. The van der Waals surface area contributed by atoms with Gasteiger partial charge >= 0.3 is 0 Å². The molecule has 7 aromatic rings. The van der Waals surface area contributed by atoms with Crippen molar-refractivity contribution in [2.24, 2.45) is 7.05 Å². The van der Waals surface area contributed by atoms with Crippen LogP contribution in [0, 0.1) is 6.92 Å². The normalized spacial score (nSPS) is 11.6. The zero-order valence-electron chi connectivity index (χ0n) is 28.3. The lowest BCUT2D eigenvalue weighted by Crippen LogP contribution is -2.30. The summed E-state index contributed by atoms with van der Waals surface area (Å²) in [5.74, 6) is 1.82. The third-order valence-electron chi connectivity index (χ3n) is 9.54. The van der Waals surface area contributed by atoms with Crippen LogP contribution in [0.15, 0.2) is 140 Å². The number of benzene rings is 6. The molecule has 0 aliphatic heterocycles. The number of hydrogen-bond donors (Lipinski definition) is 0. The molecule has 1 heterocycles. The first kappa shape index (κ1) is 30.4. The van der Waals surface area contributed by atoms with Gasteiger partial charge in [-0.1, -0.05) is 131 Å². The van der Waals surface area contributed by atoms with Crippen molar-refractivity contribution in [2.75, 3.05) is 0 Å². The van der Waals surface area contributed by atoms with Gasteiger partial charge in [-0.05, 0) is 94.1 Å². The van der Waals surface area contributed by atoms with E-state index >= 15 is 0 Å². The van der Waals surface area contributed by atoms with Crippen LogP contribution in [-0.2, 0) is 7.05 Å². The van der Waals surface area contributed by atoms with E-state index in [1.54, 1.807) is 0 Å². The van der Waals surface area contributed by atoms with Crippen LogP contribution in [0.2, 0.25) is 0 Å². The third kappa shape index (κ3) is 5.59. The van der Waals surface area contributed by atoms with Crippen molar-refractivity contribution in [2.45, 2.75) is 46.5 Å². The minimum Gasteiger partial charge on any atom is -0.225 e. The number of rotatable bonds is 7. The second kappa shape index (κ2) is 12.5. The van der Waals surface area contributed by atoms with Crippen LogP contribution in [0.4, 0.5) is 0 Å². The molecule has 0 unspecified atom stereocenters. The maximum atomic E-state index is 2.58. The number of fused-ring (bicyclic) bond motifs is 1. The van der Waals surface area contributed by atoms with Gasteiger partial charge in [0.1, 0.15) is 5.69 Å². The second-order valence-corrected chi connectivity index (χ2v) is 13.4. The molecule has 2 nitrogen and oxygen atoms in total. The Hall–Kier alpha value is -5.21. The minimum atomic E-state index is 0.316. The molecular weight excluding hydrogens is 569 g/mol. The highest BCUT2D eigenvalue weighted by Gasteiger charge is 2.32. The number of aryl methyl sites for hydroxylation is 2. The van der Waals surface area contributed by atoms with Gasteiger partial charge in [-0.3, -0.25) is 0 Å².